The summed E-state index contributed by atoms with van der Waals surface area (Å²) in [7, 11) is 3.54. The van der Waals surface area contributed by atoms with Crippen LogP contribution in [-0.4, -0.2) is 39.2 Å². The number of aldehydes is 1. The molecule has 0 saturated heterocycles. The lowest BCUT2D eigenvalue weighted by Gasteiger charge is -2.15. The number of methoxy groups -OCH3 is 1. The summed E-state index contributed by atoms with van der Waals surface area (Å²) in [5, 5.41) is 10.7. The Bertz CT molecular complexity index is 1170. The number of rotatable bonds is 6. The van der Waals surface area contributed by atoms with Gasteiger partial charge in [-0.2, -0.15) is 0 Å². The number of carbonyl (C=O) groups excluding carboxylic acids is 1. The monoisotopic (exact) mass is 377 g/mol. The van der Waals surface area contributed by atoms with E-state index in [2.05, 4.69) is 22.8 Å². The fourth-order valence-electron chi connectivity index (χ4n) is 3.75. The zero-order chi connectivity index (χ0) is 19.8. The minimum atomic E-state index is 0.112. The summed E-state index contributed by atoms with van der Waals surface area (Å²) in [6, 6.07) is 13.8. The van der Waals surface area contributed by atoms with Gasteiger partial charge >= 0.3 is 0 Å². The molecule has 1 N–H and O–H groups in total. The maximum Gasteiger partial charge on any atom is 0.157 e. The predicted octanol–water partition coefficient (Wildman–Crippen LogP) is 3.64. The molecule has 6 heteroatoms. The highest BCUT2D eigenvalue weighted by Gasteiger charge is 2.20. The van der Waals surface area contributed by atoms with Crippen molar-refractivity contribution in [2.45, 2.75) is 13.5 Å². The molecule has 0 bridgehead atoms. The molecule has 0 saturated carbocycles. The van der Waals surface area contributed by atoms with E-state index in [4.69, 9.17) is 9.72 Å². The van der Waals surface area contributed by atoms with Crippen molar-refractivity contribution >= 4 is 28.2 Å². The molecular formula is C22H23N3O3. The molecule has 0 fully saturated rings. The molecule has 6 nitrogen and oxygen atoms in total. The summed E-state index contributed by atoms with van der Waals surface area (Å²) >= 11 is 0. The molecular weight excluding hydrogens is 354 g/mol. The number of benzene rings is 2. The summed E-state index contributed by atoms with van der Waals surface area (Å²) < 4.78 is 9.71. The highest BCUT2D eigenvalue weighted by Crippen LogP contribution is 2.34. The third kappa shape index (κ3) is 2.86. The lowest BCUT2D eigenvalue weighted by molar-refractivity contribution is 0.112. The molecule has 2 aromatic carbocycles. The van der Waals surface area contributed by atoms with Crippen LogP contribution in [0.5, 0.6) is 5.75 Å². The molecule has 4 aromatic rings. The van der Waals surface area contributed by atoms with Gasteiger partial charge < -0.3 is 19.0 Å². The average Bonchev–Trinajstić information content (AvgIpc) is 3.24. The number of fused-ring (bicyclic) bond motifs is 2. The van der Waals surface area contributed by atoms with Gasteiger partial charge in [-0.3, -0.25) is 4.79 Å². The number of nitrogens with zero attached hydrogens (tertiary/aromatic N) is 3. The minimum Gasteiger partial charge on any atom is -0.494 e. The van der Waals surface area contributed by atoms with Gasteiger partial charge in [-0.25, -0.2) is 4.98 Å². The summed E-state index contributed by atoms with van der Waals surface area (Å²) in [5.74, 6) is 1.52. The smallest absolute Gasteiger partial charge is 0.157 e. The number of ether oxygens (including phenoxy) is 1. The third-order valence-corrected chi connectivity index (χ3v) is 5.16. The molecule has 0 aliphatic carbocycles. The second-order valence-electron chi connectivity index (χ2n) is 7.19. The van der Waals surface area contributed by atoms with E-state index in [-0.39, 0.29) is 12.5 Å². The molecule has 2 heterocycles. The van der Waals surface area contributed by atoms with Crippen LogP contribution in [0, 0.1) is 5.92 Å². The van der Waals surface area contributed by atoms with E-state index in [0.29, 0.717) is 23.4 Å². The third-order valence-electron chi connectivity index (χ3n) is 5.16. The lowest BCUT2D eigenvalue weighted by atomic mass is 10.2. The standard InChI is InChI=1S/C22H23N3O3/c1-14(12-26)11-25-18-7-5-4-6-16(18)10-19(25)22-23-17-8-15(13-27)9-20(28-3)21(17)24(22)2/h4-10,13-14,26H,11-12H2,1-3H3/t14-/m1/s1. The first-order valence-corrected chi connectivity index (χ1v) is 9.26. The van der Waals surface area contributed by atoms with Crippen LogP contribution < -0.4 is 4.74 Å². The number of hydrogen-bond donors (Lipinski definition) is 1. The summed E-state index contributed by atoms with van der Waals surface area (Å²) in [6.07, 6.45) is 0.802. The van der Waals surface area contributed by atoms with Gasteiger partial charge in [0, 0.05) is 36.7 Å². The number of carbonyl (C=O) groups is 1. The van der Waals surface area contributed by atoms with Gasteiger partial charge in [0.25, 0.3) is 0 Å². The van der Waals surface area contributed by atoms with Crippen LogP contribution >= 0.6 is 0 Å². The van der Waals surface area contributed by atoms with Gasteiger partial charge in [-0.1, -0.05) is 25.1 Å². The second kappa shape index (κ2) is 7.13. The topological polar surface area (TPSA) is 69.3 Å². The second-order valence-corrected chi connectivity index (χ2v) is 7.19. The van der Waals surface area contributed by atoms with Gasteiger partial charge in [0.05, 0.1) is 18.3 Å². The largest absolute Gasteiger partial charge is 0.494 e. The van der Waals surface area contributed by atoms with E-state index in [0.717, 1.165) is 34.2 Å². The number of imidazole rings is 1. The van der Waals surface area contributed by atoms with E-state index in [1.54, 1.807) is 19.2 Å². The Morgan fingerprint density at radius 1 is 1.25 bits per heavy atom. The van der Waals surface area contributed by atoms with Crippen LogP contribution in [0.4, 0.5) is 0 Å². The quantitative estimate of drug-likeness (QED) is 0.521. The first kappa shape index (κ1) is 18.3. The van der Waals surface area contributed by atoms with E-state index in [1.165, 1.54) is 0 Å². The van der Waals surface area contributed by atoms with Gasteiger partial charge in [-0.15, -0.1) is 0 Å². The number of aliphatic hydroxyl groups is 1. The molecule has 0 radical (unpaired) electrons. The Morgan fingerprint density at radius 2 is 2.04 bits per heavy atom. The molecule has 4 rings (SSSR count). The van der Waals surface area contributed by atoms with Gasteiger partial charge in [-0.05, 0) is 30.2 Å². The summed E-state index contributed by atoms with van der Waals surface area (Å²) in [5.41, 5.74) is 4.16. The van der Waals surface area contributed by atoms with E-state index < -0.39 is 0 Å². The zero-order valence-electron chi connectivity index (χ0n) is 16.2. The van der Waals surface area contributed by atoms with Crippen LogP contribution in [0.3, 0.4) is 0 Å². The van der Waals surface area contributed by atoms with E-state index >= 15 is 0 Å². The van der Waals surface area contributed by atoms with Crippen LogP contribution in [0.2, 0.25) is 0 Å². The molecule has 0 aliphatic rings. The van der Waals surface area contributed by atoms with E-state index in [1.807, 2.05) is 30.7 Å². The van der Waals surface area contributed by atoms with Crippen molar-refractivity contribution in [1.29, 1.82) is 0 Å². The van der Waals surface area contributed by atoms with Crippen LogP contribution in [0.1, 0.15) is 17.3 Å². The first-order chi connectivity index (χ1) is 13.6. The van der Waals surface area contributed by atoms with Crippen molar-refractivity contribution in [1.82, 2.24) is 14.1 Å². The Morgan fingerprint density at radius 3 is 2.75 bits per heavy atom. The minimum absolute atomic E-state index is 0.112. The highest BCUT2D eigenvalue weighted by atomic mass is 16.5. The highest BCUT2D eigenvalue weighted by molar-refractivity contribution is 5.93. The zero-order valence-corrected chi connectivity index (χ0v) is 16.2. The van der Waals surface area contributed by atoms with Crippen molar-refractivity contribution in [2.75, 3.05) is 13.7 Å². The Labute approximate surface area is 163 Å². The molecule has 1 atom stereocenters. The maximum atomic E-state index is 11.3. The molecule has 0 amide bonds. The average molecular weight is 377 g/mol. The van der Waals surface area contributed by atoms with Crippen LogP contribution in [0.15, 0.2) is 42.5 Å². The van der Waals surface area contributed by atoms with Gasteiger partial charge in [0.15, 0.2) is 5.82 Å². The van der Waals surface area contributed by atoms with Crippen molar-refractivity contribution in [2.24, 2.45) is 13.0 Å². The maximum absolute atomic E-state index is 11.3. The van der Waals surface area contributed by atoms with E-state index in [9.17, 15) is 9.90 Å². The number of aromatic nitrogens is 3. The summed E-state index contributed by atoms with van der Waals surface area (Å²) in [6.45, 7) is 2.82. The van der Waals surface area contributed by atoms with Gasteiger partial charge in [0.2, 0.25) is 0 Å². The first-order valence-electron chi connectivity index (χ1n) is 9.26. The predicted molar refractivity (Wildman–Crippen MR) is 110 cm³/mol. The van der Waals surface area contributed by atoms with Crippen molar-refractivity contribution in [3.63, 3.8) is 0 Å². The number of aliphatic hydroxyl groups excluding tert-OH is 1. The lowest BCUT2D eigenvalue weighted by Crippen LogP contribution is -2.12. The molecule has 0 spiro atoms. The molecule has 144 valence electrons. The van der Waals surface area contributed by atoms with Crippen LogP contribution in [0.25, 0.3) is 33.5 Å². The van der Waals surface area contributed by atoms with Gasteiger partial charge in [0.1, 0.15) is 17.6 Å². The Hall–Kier alpha value is -3.12. The number of para-hydroxylation sites is 1. The fourth-order valence-corrected chi connectivity index (χ4v) is 3.75. The normalized spacial score (nSPS) is 12.6. The van der Waals surface area contributed by atoms with Crippen molar-refractivity contribution in [3.8, 4) is 17.3 Å². The fraction of sp³-hybridized carbons (Fsp3) is 0.273. The number of hydrogen-bond acceptors (Lipinski definition) is 4. The van der Waals surface area contributed by atoms with Crippen LogP contribution in [-0.2, 0) is 13.6 Å². The van der Waals surface area contributed by atoms with Crippen molar-refractivity contribution < 1.29 is 14.6 Å². The SMILES string of the molecule is COc1cc(C=O)cc2nc(-c3cc4ccccc4n3C[C@@H](C)CO)n(C)c12. The molecule has 0 aliphatic heterocycles. The molecule has 0 unspecified atom stereocenters. The Kier molecular flexibility index (Phi) is 4.65. The number of aryl methyl sites for hydroxylation is 1. The molecule has 2 aromatic heterocycles. The van der Waals surface area contributed by atoms with Crippen molar-refractivity contribution in [3.05, 3.63) is 48.0 Å². The molecule has 28 heavy (non-hydrogen) atoms. The Balaban J connectivity index is 2.00. The summed E-state index contributed by atoms with van der Waals surface area (Å²) in [4.78, 5) is 16.1.